The minimum absolute atomic E-state index is 0.242. The van der Waals surface area contributed by atoms with Gasteiger partial charge in [0.15, 0.2) is 12.6 Å². The molecule has 14 nitrogen and oxygen atoms in total. The van der Waals surface area contributed by atoms with Crippen LogP contribution in [0.5, 0.6) is 0 Å². The maximum absolute atomic E-state index is 13.1. The van der Waals surface area contributed by atoms with Gasteiger partial charge in [-0.3, -0.25) is 4.79 Å². The zero-order valence-electron chi connectivity index (χ0n) is 42.2. The fourth-order valence-corrected chi connectivity index (χ4v) is 9.23. The summed E-state index contributed by atoms with van der Waals surface area (Å²) in [5, 5.41) is 86.7. The molecule has 396 valence electrons. The Morgan fingerprint density at radius 3 is 1.37 bits per heavy atom. The van der Waals surface area contributed by atoms with Gasteiger partial charge in [0, 0.05) is 6.42 Å². The number of ether oxygens (including phenoxy) is 4. The van der Waals surface area contributed by atoms with E-state index in [1.807, 2.05) is 6.08 Å². The molecular formula is C53H101NO13. The Bertz CT molecular complexity index is 1180. The summed E-state index contributed by atoms with van der Waals surface area (Å²) in [4.78, 5) is 13.1. The highest BCUT2D eigenvalue weighted by Gasteiger charge is 2.51. The van der Waals surface area contributed by atoms with Crippen LogP contribution in [0.15, 0.2) is 12.2 Å². The lowest BCUT2D eigenvalue weighted by molar-refractivity contribution is -0.359. The number of aliphatic hydroxyl groups excluding tert-OH is 8. The molecular weight excluding hydrogens is 859 g/mol. The van der Waals surface area contributed by atoms with Crippen LogP contribution in [0.2, 0.25) is 0 Å². The summed E-state index contributed by atoms with van der Waals surface area (Å²) in [6, 6.07) is -0.907. The van der Waals surface area contributed by atoms with E-state index in [1.54, 1.807) is 6.08 Å². The average molecular weight is 960 g/mol. The third kappa shape index (κ3) is 27.2. The summed E-state index contributed by atoms with van der Waals surface area (Å²) in [5.74, 6) is -0.242. The topological polar surface area (TPSA) is 228 Å². The number of carbonyl (C=O) groups excluding carboxylic acids is 1. The van der Waals surface area contributed by atoms with Crippen LogP contribution in [0.25, 0.3) is 0 Å². The fourth-order valence-electron chi connectivity index (χ4n) is 9.23. The Balaban J connectivity index is 1.72. The second kappa shape index (κ2) is 40.3. The molecule has 9 N–H and O–H groups in total. The highest BCUT2D eigenvalue weighted by molar-refractivity contribution is 5.76. The van der Waals surface area contributed by atoms with Crippen LogP contribution >= 0.6 is 0 Å². The van der Waals surface area contributed by atoms with Crippen LogP contribution in [0.1, 0.15) is 226 Å². The van der Waals surface area contributed by atoms with Crippen molar-refractivity contribution in [3.63, 3.8) is 0 Å². The minimum Gasteiger partial charge on any atom is -0.394 e. The molecule has 2 rings (SSSR count). The Morgan fingerprint density at radius 2 is 0.925 bits per heavy atom. The van der Waals surface area contributed by atoms with Crippen LogP contribution in [-0.4, -0.2) is 140 Å². The van der Waals surface area contributed by atoms with Gasteiger partial charge < -0.3 is 65.1 Å². The van der Waals surface area contributed by atoms with Crippen molar-refractivity contribution in [3.05, 3.63) is 12.2 Å². The van der Waals surface area contributed by atoms with Crippen molar-refractivity contribution in [2.45, 2.75) is 299 Å². The van der Waals surface area contributed by atoms with Gasteiger partial charge in [0.05, 0.1) is 32.0 Å². The van der Waals surface area contributed by atoms with Gasteiger partial charge in [-0.15, -0.1) is 0 Å². The molecule has 0 aromatic carbocycles. The molecule has 0 aliphatic carbocycles. The van der Waals surface area contributed by atoms with E-state index in [2.05, 4.69) is 19.2 Å². The predicted molar refractivity (Wildman–Crippen MR) is 263 cm³/mol. The van der Waals surface area contributed by atoms with E-state index in [4.69, 9.17) is 18.9 Å². The van der Waals surface area contributed by atoms with Crippen molar-refractivity contribution in [2.24, 2.45) is 0 Å². The largest absolute Gasteiger partial charge is 0.394 e. The number of allylic oxidation sites excluding steroid dienone is 1. The van der Waals surface area contributed by atoms with Crippen molar-refractivity contribution in [3.8, 4) is 0 Å². The van der Waals surface area contributed by atoms with Gasteiger partial charge >= 0.3 is 0 Å². The highest BCUT2D eigenvalue weighted by Crippen LogP contribution is 2.30. The lowest BCUT2D eigenvalue weighted by Crippen LogP contribution is -2.65. The van der Waals surface area contributed by atoms with Gasteiger partial charge in [0.2, 0.25) is 5.91 Å². The number of hydrogen-bond donors (Lipinski definition) is 9. The van der Waals surface area contributed by atoms with Crippen molar-refractivity contribution in [1.82, 2.24) is 5.32 Å². The Hall–Kier alpha value is -1.27. The Labute approximate surface area is 406 Å². The molecule has 2 aliphatic heterocycles. The summed E-state index contributed by atoms with van der Waals surface area (Å²) in [5.41, 5.74) is 0. The Kier molecular flexibility index (Phi) is 37.2. The first-order chi connectivity index (χ1) is 32.6. The fraction of sp³-hybridized carbons (Fsp3) is 0.943. The van der Waals surface area contributed by atoms with E-state index in [0.717, 1.165) is 38.5 Å². The van der Waals surface area contributed by atoms with Crippen molar-refractivity contribution < 1.29 is 64.6 Å². The van der Waals surface area contributed by atoms with Crippen molar-refractivity contribution >= 4 is 5.91 Å². The smallest absolute Gasteiger partial charge is 0.220 e. The normalized spacial score (nSPS) is 26.6. The first kappa shape index (κ1) is 61.8. The van der Waals surface area contributed by atoms with Crippen LogP contribution in [0.4, 0.5) is 0 Å². The molecule has 67 heavy (non-hydrogen) atoms. The molecule has 1 amide bonds. The number of nitrogens with one attached hydrogen (secondary N) is 1. The van der Waals surface area contributed by atoms with E-state index in [1.165, 1.54) is 161 Å². The third-order valence-corrected chi connectivity index (χ3v) is 13.7. The molecule has 0 aromatic rings. The monoisotopic (exact) mass is 960 g/mol. The zero-order valence-corrected chi connectivity index (χ0v) is 42.2. The maximum atomic E-state index is 13.1. The number of rotatable bonds is 43. The molecule has 0 spiro atoms. The maximum Gasteiger partial charge on any atom is 0.220 e. The standard InChI is InChI=1S/C53H101NO13/c1-3-5-7-9-11-13-14-15-16-17-18-19-20-21-22-23-24-25-26-27-28-29-30-32-34-36-42(57)41(54-45(58)37-35-33-31-12-10-8-6-4-2)40-64-52-50(63)48(61)51(44(39-56)66-52)67-53-49(62)47(60)46(59)43(38-55)65-53/h34,36,41-44,46-53,55-57,59-63H,3-33,35,37-40H2,1-2H3,(H,54,58)/b36-34+. The summed E-state index contributed by atoms with van der Waals surface area (Å²) < 4.78 is 22.7. The van der Waals surface area contributed by atoms with Gasteiger partial charge in [-0.1, -0.05) is 212 Å². The van der Waals surface area contributed by atoms with E-state index in [9.17, 15) is 45.6 Å². The SMILES string of the molecule is CCCCCCCCCCCCCCCCCCCCCCCCC/C=C/C(O)C(COC1OC(CO)C(OC2OC(CO)C(O)C(O)C2O)C(O)C1O)NC(=O)CCCCCCCCCC. The van der Waals surface area contributed by atoms with E-state index >= 15 is 0 Å². The van der Waals surface area contributed by atoms with Crippen LogP contribution < -0.4 is 5.32 Å². The number of unbranched alkanes of at least 4 members (excludes halogenated alkanes) is 30. The van der Waals surface area contributed by atoms with Gasteiger partial charge in [0.25, 0.3) is 0 Å². The second-order valence-electron chi connectivity index (χ2n) is 19.7. The molecule has 0 radical (unpaired) electrons. The lowest BCUT2D eigenvalue weighted by Gasteiger charge is -2.46. The second-order valence-corrected chi connectivity index (χ2v) is 19.7. The van der Waals surface area contributed by atoms with E-state index in [0.29, 0.717) is 6.42 Å². The van der Waals surface area contributed by atoms with Crippen molar-refractivity contribution in [1.29, 1.82) is 0 Å². The zero-order chi connectivity index (χ0) is 48.9. The quantitative estimate of drug-likeness (QED) is 0.0209. The number of amides is 1. The molecule has 2 saturated heterocycles. The first-order valence-corrected chi connectivity index (χ1v) is 27.4. The summed E-state index contributed by atoms with van der Waals surface area (Å²) in [6.07, 6.45) is 27.2. The molecule has 12 atom stereocenters. The summed E-state index contributed by atoms with van der Waals surface area (Å²) >= 11 is 0. The molecule has 12 unspecified atom stereocenters. The number of aliphatic hydroxyl groups is 8. The average Bonchev–Trinajstić information content (AvgIpc) is 3.32. The minimum atomic E-state index is -1.78. The molecule has 0 aromatic heterocycles. The third-order valence-electron chi connectivity index (χ3n) is 13.7. The van der Waals surface area contributed by atoms with Crippen LogP contribution in [0.3, 0.4) is 0 Å². The summed E-state index contributed by atoms with van der Waals surface area (Å²) in [7, 11) is 0. The van der Waals surface area contributed by atoms with Gasteiger partial charge in [0.1, 0.15) is 48.8 Å². The van der Waals surface area contributed by atoms with Crippen LogP contribution in [-0.2, 0) is 23.7 Å². The van der Waals surface area contributed by atoms with Gasteiger partial charge in [-0.2, -0.15) is 0 Å². The van der Waals surface area contributed by atoms with E-state index < -0.39 is 86.8 Å². The van der Waals surface area contributed by atoms with Gasteiger partial charge in [-0.25, -0.2) is 0 Å². The van der Waals surface area contributed by atoms with Crippen LogP contribution in [0, 0.1) is 0 Å². The molecule has 2 heterocycles. The molecule has 0 bridgehead atoms. The number of carbonyl (C=O) groups is 1. The predicted octanol–water partition coefficient (Wildman–Crippen LogP) is 7.94. The lowest BCUT2D eigenvalue weighted by atomic mass is 9.97. The molecule has 2 aliphatic rings. The van der Waals surface area contributed by atoms with E-state index in [-0.39, 0.29) is 18.9 Å². The molecule has 14 heteroatoms. The molecule has 0 saturated carbocycles. The number of hydrogen-bond acceptors (Lipinski definition) is 13. The first-order valence-electron chi connectivity index (χ1n) is 27.4. The summed E-state index contributed by atoms with van der Waals surface area (Å²) in [6.45, 7) is 2.76. The Morgan fingerprint density at radius 1 is 0.522 bits per heavy atom. The molecule has 2 fully saturated rings. The van der Waals surface area contributed by atoms with Gasteiger partial charge in [-0.05, 0) is 19.3 Å². The van der Waals surface area contributed by atoms with Crippen molar-refractivity contribution in [2.75, 3.05) is 19.8 Å². The highest BCUT2D eigenvalue weighted by atomic mass is 16.7.